The van der Waals surface area contributed by atoms with Gasteiger partial charge < -0.3 is 0 Å². The molecule has 0 nitrogen and oxygen atoms in total. The van der Waals surface area contributed by atoms with Gasteiger partial charge >= 0.3 is 0 Å². The standard InChI is InChI=1S/C8H4F2.C2H4/c1-2-6-3-4-7(9)5-8(6)10;1-2/h1,3-5H;1-2H2. The van der Waals surface area contributed by atoms with Crippen LogP contribution < -0.4 is 0 Å². The summed E-state index contributed by atoms with van der Waals surface area (Å²) >= 11 is 0. The molecule has 0 amide bonds. The Morgan fingerprint density at radius 1 is 1.25 bits per heavy atom. The van der Waals surface area contributed by atoms with E-state index in [0.29, 0.717) is 0 Å². The lowest BCUT2D eigenvalue weighted by Gasteiger charge is -1.91. The van der Waals surface area contributed by atoms with Gasteiger partial charge in [-0.3, -0.25) is 0 Å². The summed E-state index contributed by atoms with van der Waals surface area (Å²) in [6, 6.07) is 3.11. The third-order valence-electron chi connectivity index (χ3n) is 1.09. The highest BCUT2D eigenvalue weighted by Gasteiger charge is 1.98. The third kappa shape index (κ3) is 2.55. The molecule has 62 valence electrons. The van der Waals surface area contributed by atoms with Gasteiger partial charge in [0.25, 0.3) is 0 Å². The zero-order chi connectivity index (χ0) is 9.56. The summed E-state index contributed by atoms with van der Waals surface area (Å²) in [6.07, 6.45) is 4.89. The molecule has 0 unspecified atom stereocenters. The maximum atomic E-state index is 12.5. The molecule has 0 aromatic heterocycles. The van der Waals surface area contributed by atoms with E-state index in [1.165, 1.54) is 6.07 Å². The molecule has 1 rings (SSSR count). The molecule has 0 spiro atoms. The molecule has 0 aliphatic carbocycles. The van der Waals surface area contributed by atoms with Crippen molar-refractivity contribution >= 4 is 0 Å². The zero-order valence-electron chi connectivity index (χ0n) is 6.48. The highest BCUT2D eigenvalue weighted by Crippen LogP contribution is 2.06. The van der Waals surface area contributed by atoms with Crippen molar-refractivity contribution in [3.8, 4) is 12.3 Å². The van der Waals surface area contributed by atoms with E-state index in [9.17, 15) is 8.78 Å². The maximum absolute atomic E-state index is 12.5. The van der Waals surface area contributed by atoms with Crippen molar-refractivity contribution in [2.75, 3.05) is 0 Å². The summed E-state index contributed by atoms with van der Waals surface area (Å²) in [5, 5.41) is 0. The summed E-state index contributed by atoms with van der Waals surface area (Å²) in [7, 11) is 0. The van der Waals surface area contributed by atoms with E-state index in [1.54, 1.807) is 0 Å². The monoisotopic (exact) mass is 166 g/mol. The van der Waals surface area contributed by atoms with Gasteiger partial charge in [-0.1, -0.05) is 5.92 Å². The number of hydrogen-bond donors (Lipinski definition) is 0. The van der Waals surface area contributed by atoms with Crippen LogP contribution in [-0.4, -0.2) is 0 Å². The Balaban J connectivity index is 0.000000561. The predicted molar refractivity (Wildman–Crippen MR) is 45.5 cm³/mol. The maximum Gasteiger partial charge on any atom is 0.141 e. The van der Waals surface area contributed by atoms with E-state index in [1.807, 2.05) is 0 Å². The van der Waals surface area contributed by atoms with E-state index in [0.717, 1.165) is 12.1 Å². The molecular formula is C10H8F2. The molecule has 0 aliphatic rings. The van der Waals surface area contributed by atoms with Crippen LogP contribution >= 0.6 is 0 Å². The first kappa shape index (κ1) is 10.4. The molecule has 0 heterocycles. The largest absolute Gasteiger partial charge is 0.207 e. The molecule has 0 saturated heterocycles. The highest BCUT2D eigenvalue weighted by molar-refractivity contribution is 5.33. The molecular weight excluding hydrogens is 158 g/mol. The molecule has 0 N–H and O–H groups in total. The van der Waals surface area contributed by atoms with Crippen molar-refractivity contribution in [3.05, 3.63) is 48.6 Å². The van der Waals surface area contributed by atoms with Gasteiger partial charge in [0.15, 0.2) is 0 Å². The lowest BCUT2D eigenvalue weighted by molar-refractivity contribution is 0.581. The van der Waals surface area contributed by atoms with Crippen LogP contribution in [0.2, 0.25) is 0 Å². The van der Waals surface area contributed by atoms with Crippen LogP contribution in [0.25, 0.3) is 0 Å². The molecule has 0 fully saturated rings. The quantitative estimate of drug-likeness (QED) is 0.410. The SMILES string of the molecule is C#Cc1ccc(F)cc1F.C=C. The first-order valence-corrected chi connectivity index (χ1v) is 3.15. The van der Waals surface area contributed by atoms with Gasteiger partial charge in [0.05, 0.1) is 5.56 Å². The summed E-state index contributed by atoms with van der Waals surface area (Å²) in [4.78, 5) is 0. The second-order valence-electron chi connectivity index (χ2n) is 1.77. The third-order valence-corrected chi connectivity index (χ3v) is 1.09. The topological polar surface area (TPSA) is 0 Å². The van der Waals surface area contributed by atoms with Gasteiger partial charge in [-0.2, -0.15) is 0 Å². The highest BCUT2D eigenvalue weighted by atomic mass is 19.1. The van der Waals surface area contributed by atoms with Gasteiger partial charge in [0, 0.05) is 6.07 Å². The van der Waals surface area contributed by atoms with Crippen molar-refractivity contribution in [3.63, 3.8) is 0 Å². The lowest BCUT2D eigenvalue weighted by Crippen LogP contribution is -1.83. The predicted octanol–water partition coefficient (Wildman–Crippen LogP) is 2.75. The van der Waals surface area contributed by atoms with Crippen LogP contribution in [0, 0.1) is 24.0 Å². The van der Waals surface area contributed by atoms with Crippen LogP contribution in [0.3, 0.4) is 0 Å². The van der Waals surface area contributed by atoms with E-state index in [2.05, 4.69) is 19.1 Å². The van der Waals surface area contributed by atoms with Crippen molar-refractivity contribution < 1.29 is 8.78 Å². The van der Waals surface area contributed by atoms with Crippen LogP contribution in [0.1, 0.15) is 5.56 Å². The van der Waals surface area contributed by atoms with Crippen molar-refractivity contribution in [2.45, 2.75) is 0 Å². The Bertz CT molecular complexity index is 297. The molecule has 0 radical (unpaired) electrons. The van der Waals surface area contributed by atoms with Gasteiger partial charge in [-0.15, -0.1) is 19.6 Å². The van der Waals surface area contributed by atoms with Crippen LogP contribution in [0.15, 0.2) is 31.4 Å². The van der Waals surface area contributed by atoms with Gasteiger partial charge in [0.1, 0.15) is 11.6 Å². The number of rotatable bonds is 0. The zero-order valence-corrected chi connectivity index (χ0v) is 6.48. The van der Waals surface area contributed by atoms with Crippen LogP contribution in [-0.2, 0) is 0 Å². The van der Waals surface area contributed by atoms with E-state index >= 15 is 0 Å². The molecule has 0 atom stereocenters. The Morgan fingerprint density at radius 3 is 2.25 bits per heavy atom. The van der Waals surface area contributed by atoms with Crippen molar-refractivity contribution in [1.29, 1.82) is 0 Å². The van der Waals surface area contributed by atoms with Gasteiger partial charge in [-0.25, -0.2) is 8.78 Å². The lowest BCUT2D eigenvalue weighted by atomic mass is 10.2. The Labute approximate surface area is 70.5 Å². The van der Waals surface area contributed by atoms with Gasteiger partial charge in [0.2, 0.25) is 0 Å². The Morgan fingerprint density at radius 2 is 1.83 bits per heavy atom. The summed E-state index contributed by atoms with van der Waals surface area (Å²) in [5.74, 6) is 0.774. The summed E-state index contributed by atoms with van der Waals surface area (Å²) in [6.45, 7) is 6.00. The van der Waals surface area contributed by atoms with Gasteiger partial charge in [-0.05, 0) is 12.1 Å². The van der Waals surface area contributed by atoms with E-state index < -0.39 is 11.6 Å². The summed E-state index contributed by atoms with van der Waals surface area (Å²) < 4.78 is 24.6. The van der Waals surface area contributed by atoms with Crippen molar-refractivity contribution in [2.24, 2.45) is 0 Å². The molecule has 2 heteroatoms. The minimum atomic E-state index is -0.692. The molecule has 0 bridgehead atoms. The first-order valence-electron chi connectivity index (χ1n) is 3.15. The molecule has 1 aromatic carbocycles. The fraction of sp³-hybridized carbons (Fsp3) is 0. The minimum Gasteiger partial charge on any atom is -0.207 e. The first-order chi connectivity index (χ1) is 5.74. The smallest absolute Gasteiger partial charge is 0.141 e. The normalized spacial score (nSPS) is 7.75. The number of terminal acetylenes is 1. The fourth-order valence-corrected chi connectivity index (χ4v) is 0.607. The average molecular weight is 166 g/mol. The minimum absolute atomic E-state index is 0.0846. The number of halogens is 2. The summed E-state index contributed by atoms with van der Waals surface area (Å²) in [5.41, 5.74) is 0.0846. The average Bonchev–Trinajstić information content (AvgIpc) is 2.08. The van der Waals surface area contributed by atoms with Crippen molar-refractivity contribution in [1.82, 2.24) is 0 Å². The number of benzene rings is 1. The molecule has 0 saturated carbocycles. The molecule has 0 aliphatic heterocycles. The second kappa shape index (κ2) is 5.09. The Kier molecular flexibility index (Phi) is 4.40. The van der Waals surface area contributed by atoms with Crippen LogP contribution in [0.4, 0.5) is 8.78 Å². The second-order valence-corrected chi connectivity index (χ2v) is 1.77. The van der Waals surface area contributed by atoms with Crippen LogP contribution in [0.5, 0.6) is 0 Å². The van der Waals surface area contributed by atoms with E-state index in [4.69, 9.17) is 6.42 Å². The number of hydrogen-bond acceptors (Lipinski definition) is 0. The fourth-order valence-electron chi connectivity index (χ4n) is 0.607. The molecule has 12 heavy (non-hydrogen) atoms. The molecule has 1 aromatic rings. The Hall–Kier alpha value is -1.62. The van der Waals surface area contributed by atoms with E-state index in [-0.39, 0.29) is 5.56 Å².